The lowest BCUT2D eigenvalue weighted by molar-refractivity contribution is -0.143. The standard InChI is InChI=1S/C11H20O3/c1-2-14-11(13)8-7-9-5-3-4-6-10(9)12/h9-10,12H,2-8H2,1H3/t9-,10-/m1/s1. The molecule has 1 aliphatic carbocycles. The maximum Gasteiger partial charge on any atom is 0.305 e. The fraction of sp³-hybridized carbons (Fsp3) is 0.909. The molecule has 0 bridgehead atoms. The summed E-state index contributed by atoms with van der Waals surface area (Å²) in [6.45, 7) is 2.26. The van der Waals surface area contributed by atoms with Crippen molar-refractivity contribution in [2.24, 2.45) is 5.92 Å². The highest BCUT2D eigenvalue weighted by Crippen LogP contribution is 2.27. The van der Waals surface area contributed by atoms with E-state index in [1.807, 2.05) is 6.92 Å². The molecule has 0 saturated heterocycles. The Hall–Kier alpha value is -0.570. The van der Waals surface area contributed by atoms with E-state index in [0.29, 0.717) is 18.9 Å². The topological polar surface area (TPSA) is 46.5 Å². The third-order valence-corrected chi connectivity index (χ3v) is 2.89. The number of carbonyl (C=O) groups excluding carboxylic acids is 1. The predicted molar refractivity (Wildman–Crippen MR) is 53.8 cm³/mol. The molecule has 0 aromatic rings. The number of carbonyl (C=O) groups is 1. The average Bonchev–Trinajstić information content (AvgIpc) is 2.17. The summed E-state index contributed by atoms with van der Waals surface area (Å²) < 4.78 is 4.85. The van der Waals surface area contributed by atoms with Crippen molar-refractivity contribution in [1.82, 2.24) is 0 Å². The molecule has 3 heteroatoms. The Bertz CT molecular complexity index is 179. The van der Waals surface area contributed by atoms with E-state index in [-0.39, 0.29) is 12.1 Å². The molecule has 1 aliphatic rings. The number of aliphatic hydroxyl groups is 1. The SMILES string of the molecule is CCOC(=O)CC[C@H]1CCCC[C@H]1O. The first-order chi connectivity index (χ1) is 6.74. The summed E-state index contributed by atoms with van der Waals surface area (Å²) in [5, 5.41) is 9.66. The van der Waals surface area contributed by atoms with Crippen LogP contribution in [0.5, 0.6) is 0 Å². The largest absolute Gasteiger partial charge is 0.466 e. The first-order valence-corrected chi connectivity index (χ1v) is 5.57. The molecular formula is C11H20O3. The number of hydrogen-bond donors (Lipinski definition) is 1. The Kier molecular flexibility index (Phi) is 4.94. The van der Waals surface area contributed by atoms with Gasteiger partial charge in [-0.3, -0.25) is 4.79 Å². The third kappa shape index (κ3) is 3.66. The van der Waals surface area contributed by atoms with E-state index in [0.717, 1.165) is 25.7 Å². The van der Waals surface area contributed by atoms with Crippen LogP contribution in [0, 0.1) is 5.92 Å². The average molecular weight is 200 g/mol. The van der Waals surface area contributed by atoms with Crippen LogP contribution in [0.25, 0.3) is 0 Å². The summed E-state index contributed by atoms with van der Waals surface area (Å²) in [6.07, 6.45) is 5.30. The first-order valence-electron chi connectivity index (χ1n) is 5.57. The zero-order valence-corrected chi connectivity index (χ0v) is 8.87. The monoisotopic (exact) mass is 200 g/mol. The molecular weight excluding hydrogens is 180 g/mol. The normalized spacial score (nSPS) is 27.3. The van der Waals surface area contributed by atoms with Gasteiger partial charge in [0.1, 0.15) is 0 Å². The molecule has 1 saturated carbocycles. The maximum atomic E-state index is 11.1. The van der Waals surface area contributed by atoms with Gasteiger partial charge >= 0.3 is 5.97 Å². The highest BCUT2D eigenvalue weighted by atomic mass is 16.5. The molecule has 0 radical (unpaired) electrons. The highest BCUT2D eigenvalue weighted by Gasteiger charge is 2.23. The third-order valence-electron chi connectivity index (χ3n) is 2.89. The minimum atomic E-state index is -0.196. The summed E-state index contributed by atoms with van der Waals surface area (Å²) >= 11 is 0. The van der Waals surface area contributed by atoms with Crippen molar-refractivity contribution >= 4 is 5.97 Å². The van der Waals surface area contributed by atoms with Gasteiger partial charge < -0.3 is 9.84 Å². The van der Waals surface area contributed by atoms with Crippen molar-refractivity contribution in [3.63, 3.8) is 0 Å². The second kappa shape index (κ2) is 6.02. The van der Waals surface area contributed by atoms with Crippen molar-refractivity contribution in [3.05, 3.63) is 0 Å². The number of esters is 1. The van der Waals surface area contributed by atoms with Crippen molar-refractivity contribution < 1.29 is 14.6 Å². The quantitative estimate of drug-likeness (QED) is 0.705. The summed E-state index contributed by atoms with van der Waals surface area (Å²) in [5.74, 6) is 0.179. The van der Waals surface area contributed by atoms with Gasteiger partial charge in [0.05, 0.1) is 12.7 Å². The van der Waals surface area contributed by atoms with Gasteiger partial charge in [0, 0.05) is 6.42 Å². The molecule has 14 heavy (non-hydrogen) atoms. The molecule has 0 aromatic heterocycles. The van der Waals surface area contributed by atoms with E-state index < -0.39 is 0 Å². The lowest BCUT2D eigenvalue weighted by Gasteiger charge is -2.27. The lowest BCUT2D eigenvalue weighted by atomic mass is 9.84. The molecule has 2 atom stereocenters. The van der Waals surface area contributed by atoms with E-state index in [1.165, 1.54) is 6.42 Å². The fourth-order valence-corrected chi connectivity index (χ4v) is 2.06. The lowest BCUT2D eigenvalue weighted by Crippen LogP contribution is -2.25. The van der Waals surface area contributed by atoms with Crippen LogP contribution >= 0.6 is 0 Å². The van der Waals surface area contributed by atoms with E-state index >= 15 is 0 Å². The molecule has 1 rings (SSSR count). The van der Waals surface area contributed by atoms with Gasteiger partial charge in [-0.25, -0.2) is 0 Å². The van der Waals surface area contributed by atoms with Crippen LogP contribution in [0.1, 0.15) is 45.4 Å². The van der Waals surface area contributed by atoms with Gasteiger partial charge in [-0.1, -0.05) is 12.8 Å². The van der Waals surface area contributed by atoms with Crippen LogP contribution in [0.15, 0.2) is 0 Å². The summed E-state index contributed by atoms with van der Waals surface area (Å²) in [4.78, 5) is 11.1. The Morgan fingerprint density at radius 2 is 2.14 bits per heavy atom. The Morgan fingerprint density at radius 1 is 1.43 bits per heavy atom. The van der Waals surface area contributed by atoms with Gasteiger partial charge in [-0.05, 0) is 32.1 Å². The summed E-state index contributed by atoms with van der Waals surface area (Å²) in [6, 6.07) is 0. The van der Waals surface area contributed by atoms with Crippen molar-refractivity contribution in [3.8, 4) is 0 Å². The number of hydrogen-bond acceptors (Lipinski definition) is 3. The van der Waals surface area contributed by atoms with Crippen LogP contribution in [0.2, 0.25) is 0 Å². The first kappa shape index (κ1) is 11.5. The zero-order chi connectivity index (χ0) is 10.4. The van der Waals surface area contributed by atoms with Gasteiger partial charge in [-0.15, -0.1) is 0 Å². The molecule has 0 spiro atoms. The van der Waals surface area contributed by atoms with E-state index in [2.05, 4.69) is 0 Å². The molecule has 0 heterocycles. The number of ether oxygens (including phenoxy) is 1. The number of aliphatic hydroxyl groups excluding tert-OH is 1. The maximum absolute atomic E-state index is 11.1. The second-order valence-electron chi connectivity index (χ2n) is 3.96. The zero-order valence-electron chi connectivity index (χ0n) is 8.87. The number of rotatable bonds is 4. The summed E-state index contributed by atoms with van der Waals surface area (Å²) in [5.41, 5.74) is 0. The molecule has 82 valence electrons. The smallest absolute Gasteiger partial charge is 0.305 e. The van der Waals surface area contributed by atoms with E-state index in [9.17, 15) is 9.90 Å². The Labute approximate surface area is 85.5 Å². The highest BCUT2D eigenvalue weighted by molar-refractivity contribution is 5.69. The molecule has 1 fully saturated rings. The molecule has 1 N–H and O–H groups in total. The van der Waals surface area contributed by atoms with Gasteiger partial charge in [0.2, 0.25) is 0 Å². The summed E-state index contributed by atoms with van der Waals surface area (Å²) in [7, 11) is 0. The van der Waals surface area contributed by atoms with Crippen molar-refractivity contribution in [2.45, 2.75) is 51.6 Å². The predicted octanol–water partition coefficient (Wildman–Crippen LogP) is 1.88. The van der Waals surface area contributed by atoms with Crippen LogP contribution in [-0.4, -0.2) is 23.8 Å². The molecule has 3 nitrogen and oxygen atoms in total. The fourth-order valence-electron chi connectivity index (χ4n) is 2.06. The molecule has 0 unspecified atom stereocenters. The van der Waals surface area contributed by atoms with Gasteiger partial charge in [-0.2, -0.15) is 0 Å². The molecule has 0 amide bonds. The van der Waals surface area contributed by atoms with E-state index in [1.54, 1.807) is 0 Å². The Balaban J connectivity index is 2.19. The van der Waals surface area contributed by atoms with Crippen molar-refractivity contribution in [2.75, 3.05) is 6.61 Å². The molecule has 0 aliphatic heterocycles. The minimum absolute atomic E-state index is 0.134. The second-order valence-corrected chi connectivity index (χ2v) is 3.96. The van der Waals surface area contributed by atoms with Gasteiger partial charge in [0.25, 0.3) is 0 Å². The molecule has 0 aromatic carbocycles. The van der Waals surface area contributed by atoms with Crippen LogP contribution in [0.3, 0.4) is 0 Å². The van der Waals surface area contributed by atoms with E-state index in [4.69, 9.17) is 4.74 Å². The van der Waals surface area contributed by atoms with Crippen LogP contribution < -0.4 is 0 Å². The Morgan fingerprint density at radius 3 is 2.79 bits per heavy atom. The minimum Gasteiger partial charge on any atom is -0.466 e. The van der Waals surface area contributed by atoms with Crippen LogP contribution in [-0.2, 0) is 9.53 Å². The van der Waals surface area contributed by atoms with Crippen molar-refractivity contribution in [1.29, 1.82) is 0 Å². The van der Waals surface area contributed by atoms with Gasteiger partial charge in [0.15, 0.2) is 0 Å². The van der Waals surface area contributed by atoms with Crippen LogP contribution in [0.4, 0.5) is 0 Å².